The van der Waals surface area contributed by atoms with Crippen LogP contribution in [0.15, 0.2) is 36.9 Å². The summed E-state index contributed by atoms with van der Waals surface area (Å²) in [5.41, 5.74) is 6.77. The molecule has 2 rings (SSSR count). The van der Waals surface area contributed by atoms with Gasteiger partial charge in [0.05, 0.1) is 6.04 Å². The fourth-order valence-electron chi connectivity index (χ4n) is 1.38. The molecule has 0 saturated heterocycles. The summed E-state index contributed by atoms with van der Waals surface area (Å²) in [5, 5.41) is 3.19. The van der Waals surface area contributed by atoms with Crippen molar-refractivity contribution in [3.8, 4) is 0 Å². The lowest BCUT2D eigenvalue weighted by Crippen LogP contribution is -2.10. The van der Waals surface area contributed by atoms with E-state index in [0.29, 0.717) is 11.6 Å². The van der Waals surface area contributed by atoms with E-state index in [9.17, 15) is 0 Å². The molecule has 2 aromatic rings. The Morgan fingerprint density at radius 3 is 2.75 bits per heavy atom. The van der Waals surface area contributed by atoms with Crippen molar-refractivity contribution in [3.05, 3.63) is 42.5 Å². The van der Waals surface area contributed by atoms with Crippen molar-refractivity contribution in [3.63, 3.8) is 0 Å². The van der Waals surface area contributed by atoms with Crippen molar-refractivity contribution in [2.24, 2.45) is 0 Å². The average Bonchev–Trinajstić information content (AvgIpc) is 2.33. The first-order valence-corrected chi connectivity index (χ1v) is 5.00. The van der Waals surface area contributed by atoms with Gasteiger partial charge in [0.2, 0.25) is 0 Å². The smallest absolute Gasteiger partial charge is 0.169 e. The minimum atomic E-state index is 0.0905. The second-order valence-electron chi connectivity index (χ2n) is 3.44. The SMILES string of the molecule is CC(Nc1nccnc1N)c1cccnc1. The van der Waals surface area contributed by atoms with Gasteiger partial charge >= 0.3 is 0 Å². The van der Waals surface area contributed by atoms with Crippen molar-refractivity contribution in [1.29, 1.82) is 0 Å². The molecule has 0 amide bonds. The molecule has 0 aliphatic heterocycles. The molecular formula is C11H13N5. The number of nitrogen functional groups attached to an aromatic ring is 1. The molecule has 16 heavy (non-hydrogen) atoms. The predicted molar refractivity (Wildman–Crippen MR) is 62.7 cm³/mol. The number of nitrogens with two attached hydrogens (primary N) is 1. The zero-order valence-corrected chi connectivity index (χ0v) is 8.96. The highest BCUT2D eigenvalue weighted by Gasteiger charge is 2.07. The summed E-state index contributed by atoms with van der Waals surface area (Å²) in [6, 6.07) is 3.98. The van der Waals surface area contributed by atoms with Crippen LogP contribution in [0.2, 0.25) is 0 Å². The van der Waals surface area contributed by atoms with Crippen LogP contribution in [0.1, 0.15) is 18.5 Å². The van der Waals surface area contributed by atoms with Gasteiger partial charge in [-0.1, -0.05) is 6.07 Å². The van der Waals surface area contributed by atoms with Crippen molar-refractivity contribution < 1.29 is 0 Å². The van der Waals surface area contributed by atoms with E-state index in [-0.39, 0.29) is 6.04 Å². The van der Waals surface area contributed by atoms with Crippen LogP contribution in [-0.2, 0) is 0 Å². The van der Waals surface area contributed by atoms with Gasteiger partial charge in [-0.3, -0.25) is 4.98 Å². The Kier molecular flexibility index (Phi) is 2.95. The fourth-order valence-corrected chi connectivity index (χ4v) is 1.38. The van der Waals surface area contributed by atoms with Gasteiger partial charge in [-0.15, -0.1) is 0 Å². The van der Waals surface area contributed by atoms with E-state index in [1.54, 1.807) is 18.6 Å². The van der Waals surface area contributed by atoms with Crippen LogP contribution in [0.4, 0.5) is 11.6 Å². The molecule has 5 heteroatoms. The summed E-state index contributed by atoms with van der Waals surface area (Å²) in [6.45, 7) is 2.02. The molecule has 1 unspecified atom stereocenters. The quantitative estimate of drug-likeness (QED) is 0.813. The van der Waals surface area contributed by atoms with E-state index in [1.807, 2.05) is 25.3 Å². The molecule has 0 radical (unpaired) electrons. The molecular weight excluding hydrogens is 202 g/mol. The molecule has 3 N–H and O–H groups in total. The molecule has 0 bridgehead atoms. The van der Waals surface area contributed by atoms with Gasteiger partial charge in [-0.05, 0) is 18.6 Å². The lowest BCUT2D eigenvalue weighted by Gasteiger charge is -2.14. The lowest BCUT2D eigenvalue weighted by atomic mass is 10.1. The molecule has 1 atom stereocenters. The predicted octanol–water partition coefficient (Wildman–Crippen LogP) is 1.63. The first-order valence-electron chi connectivity index (χ1n) is 5.00. The van der Waals surface area contributed by atoms with Crippen LogP contribution in [0.5, 0.6) is 0 Å². The van der Waals surface area contributed by atoms with E-state index in [1.165, 1.54) is 0 Å². The lowest BCUT2D eigenvalue weighted by molar-refractivity contribution is 0.865. The highest BCUT2D eigenvalue weighted by atomic mass is 15.1. The third kappa shape index (κ3) is 2.25. The van der Waals surface area contributed by atoms with Gasteiger partial charge in [-0.25, -0.2) is 9.97 Å². The van der Waals surface area contributed by atoms with Gasteiger partial charge in [0, 0.05) is 24.8 Å². The Hall–Kier alpha value is -2.17. The van der Waals surface area contributed by atoms with Gasteiger partial charge in [0.25, 0.3) is 0 Å². The average molecular weight is 215 g/mol. The first kappa shape index (κ1) is 10.4. The number of rotatable bonds is 3. The molecule has 0 fully saturated rings. The van der Waals surface area contributed by atoms with E-state index in [0.717, 1.165) is 5.56 Å². The minimum Gasteiger partial charge on any atom is -0.381 e. The Balaban J connectivity index is 2.14. The molecule has 0 aromatic carbocycles. The summed E-state index contributed by atoms with van der Waals surface area (Å²) in [5.74, 6) is 0.997. The number of nitrogens with zero attached hydrogens (tertiary/aromatic N) is 3. The number of hydrogen-bond acceptors (Lipinski definition) is 5. The van der Waals surface area contributed by atoms with Crippen LogP contribution >= 0.6 is 0 Å². The highest BCUT2D eigenvalue weighted by Crippen LogP contribution is 2.19. The van der Waals surface area contributed by atoms with E-state index in [4.69, 9.17) is 5.73 Å². The maximum atomic E-state index is 5.70. The Labute approximate surface area is 93.8 Å². The molecule has 0 aliphatic rings. The maximum Gasteiger partial charge on any atom is 0.169 e. The Bertz CT molecular complexity index is 457. The van der Waals surface area contributed by atoms with Crippen molar-refractivity contribution in [1.82, 2.24) is 15.0 Å². The molecule has 0 aliphatic carbocycles. The molecule has 2 aromatic heterocycles. The van der Waals surface area contributed by atoms with Crippen LogP contribution in [0, 0.1) is 0 Å². The summed E-state index contributed by atoms with van der Waals surface area (Å²) in [4.78, 5) is 12.2. The fraction of sp³-hybridized carbons (Fsp3) is 0.182. The number of aromatic nitrogens is 3. The van der Waals surface area contributed by atoms with Crippen molar-refractivity contribution in [2.45, 2.75) is 13.0 Å². The van der Waals surface area contributed by atoms with E-state index in [2.05, 4.69) is 20.3 Å². The van der Waals surface area contributed by atoms with E-state index < -0.39 is 0 Å². The van der Waals surface area contributed by atoms with Crippen LogP contribution in [-0.4, -0.2) is 15.0 Å². The largest absolute Gasteiger partial charge is 0.381 e. The van der Waals surface area contributed by atoms with Crippen LogP contribution in [0.3, 0.4) is 0 Å². The number of hydrogen-bond donors (Lipinski definition) is 2. The summed E-state index contributed by atoms with van der Waals surface area (Å²) in [7, 11) is 0. The minimum absolute atomic E-state index is 0.0905. The van der Waals surface area contributed by atoms with Crippen molar-refractivity contribution in [2.75, 3.05) is 11.1 Å². The van der Waals surface area contributed by atoms with Gasteiger partial charge in [0.1, 0.15) is 0 Å². The molecule has 2 heterocycles. The summed E-state index contributed by atoms with van der Waals surface area (Å²) in [6.07, 6.45) is 6.72. The number of pyridine rings is 1. The third-order valence-electron chi connectivity index (χ3n) is 2.26. The van der Waals surface area contributed by atoms with Crippen molar-refractivity contribution >= 4 is 11.6 Å². The first-order chi connectivity index (χ1) is 7.77. The van der Waals surface area contributed by atoms with Crippen LogP contribution in [0.25, 0.3) is 0 Å². The zero-order chi connectivity index (χ0) is 11.4. The second-order valence-corrected chi connectivity index (χ2v) is 3.44. The zero-order valence-electron chi connectivity index (χ0n) is 8.96. The molecule has 0 spiro atoms. The number of nitrogens with one attached hydrogen (secondary N) is 1. The third-order valence-corrected chi connectivity index (χ3v) is 2.26. The molecule has 5 nitrogen and oxygen atoms in total. The molecule has 82 valence electrons. The Morgan fingerprint density at radius 1 is 1.25 bits per heavy atom. The van der Waals surface area contributed by atoms with E-state index >= 15 is 0 Å². The summed E-state index contributed by atoms with van der Waals surface area (Å²) < 4.78 is 0. The van der Waals surface area contributed by atoms with Gasteiger partial charge < -0.3 is 11.1 Å². The van der Waals surface area contributed by atoms with Crippen LogP contribution < -0.4 is 11.1 Å². The topological polar surface area (TPSA) is 76.7 Å². The normalized spacial score (nSPS) is 12.1. The Morgan fingerprint density at radius 2 is 2.06 bits per heavy atom. The summed E-state index contributed by atoms with van der Waals surface area (Å²) >= 11 is 0. The second kappa shape index (κ2) is 4.57. The maximum absolute atomic E-state index is 5.70. The monoisotopic (exact) mass is 215 g/mol. The highest BCUT2D eigenvalue weighted by molar-refractivity contribution is 5.55. The van der Waals surface area contributed by atoms with Gasteiger partial charge in [0.15, 0.2) is 11.6 Å². The number of anilines is 2. The molecule has 0 saturated carbocycles. The standard InChI is InChI=1S/C11H13N5/c1-8(9-3-2-4-13-7-9)16-11-10(12)14-5-6-15-11/h2-8H,1H3,(H2,12,14)(H,15,16). The van der Waals surface area contributed by atoms with Gasteiger partial charge in [-0.2, -0.15) is 0 Å².